The van der Waals surface area contributed by atoms with E-state index in [0.717, 1.165) is 32.1 Å². The molecule has 0 heterocycles. The third-order valence-electron chi connectivity index (χ3n) is 7.64. The molecule has 0 radical (unpaired) electrons. The third-order valence-corrected chi connectivity index (χ3v) is 9.43. The van der Waals surface area contributed by atoms with Crippen LogP contribution in [0.15, 0.2) is 108 Å². The van der Waals surface area contributed by atoms with E-state index < -0.39 is 28.5 Å². The molecule has 236 valence electrons. The second kappa shape index (κ2) is 15.0. The molecule has 0 aromatic heterocycles. The Kier molecular flexibility index (Phi) is 11.2. The number of amides is 2. The van der Waals surface area contributed by atoms with Gasteiger partial charge in [-0.05, 0) is 62.1 Å². The zero-order valence-corrected chi connectivity index (χ0v) is 27.6. The van der Waals surface area contributed by atoms with Gasteiger partial charge in [0.25, 0.3) is 10.0 Å². The summed E-state index contributed by atoms with van der Waals surface area (Å²) in [7, 11) is -4.13. The van der Waals surface area contributed by atoms with E-state index in [-0.39, 0.29) is 29.7 Å². The third kappa shape index (κ3) is 9.05. The van der Waals surface area contributed by atoms with Crippen molar-refractivity contribution >= 4 is 27.5 Å². The molecule has 0 fully saturated rings. The van der Waals surface area contributed by atoms with Gasteiger partial charge >= 0.3 is 0 Å². The Morgan fingerprint density at radius 3 is 1.80 bits per heavy atom. The maximum absolute atomic E-state index is 14.5. The Morgan fingerprint density at radius 2 is 1.24 bits per heavy atom. The molecule has 0 bridgehead atoms. The van der Waals surface area contributed by atoms with E-state index in [1.807, 2.05) is 101 Å². The molecule has 2 amide bonds. The van der Waals surface area contributed by atoms with Crippen LogP contribution in [0.3, 0.4) is 0 Å². The average molecular weight is 626 g/mol. The fraction of sp³-hybridized carbons (Fsp3) is 0.297. The molecule has 0 aliphatic heterocycles. The van der Waals surface area contributed by atoms with Crippen LogP contribution in [0.2, 0.25) is 0 Å². The van der Waals surface area contributed by atoms with Gasteiger partial charge in [-0.1, -0.05) is 109 Å². The summed E-state index contributed by atoms with van der Waals surface area (Å²) >= 11 is 0. The second-order valence-electron chi connectivity index (χ2n) is 12.0. The zero-order valence-electron chi connectivity index (χ0n) is 26.7. The van der Waals surface area contributed by atoms with Crippen LogP contribution in [0.25, 0.3) is 0 Å². The highest BCUT2D eigenvalue weighted by Crippen LogP contribution is 2.26. The molecule has 0 spiro atoms. The predicted molar refractivity (Wildman–Crippen MR) is 180 cm³/mol. The zero-order chi connectivity index (χ0) is 32.6. The van der Waals surface area contributed by atoms with Crippen LogP contribution in [-0.2, 0) is 32.6 Å². The van der Waals surface area contributed by atoms with Crippen molar-refractivity contribution in [3.63, 3.8) is 0 Å². The number of carbonyl (C=O) groups excluding carboxylic acids is 2. The standard InChI is InChI=1S/C37H43N3O4S/c1-27(2)24-38-37(42)35(23-31-9-7-6-8-10-31)39(25-32-17-11-28(3)12-18-32)36(41)26-40(33-19-13-29(4)14-20-33)45(43,44)34-21-15-30(5)16-22-34/h6-22,27,35H,23-26H2,1-5H3,(H,38,42)/t35-/m1/s1. The number of nitrogens with zero attached hydrogens (tertiary/aromatic N) is 2. The molecule has 4 aromatic carbocycles. The van der Waals surface area contributed by atoms with Crippen molar-refractivity contribution in [2.24, 2.45) is 5.92 Å². The maximum atomic E-state index is 14.5. The largest absolute Gasteiger partial charge is 0.354 e. The van der Waals surface area contributed by atoms with Crippen LogP contribution in [0, 0.1) is 26.7 Å². The van der Waals surface area contributed by atoms with Gasteiger partial charge < -0.3 is 10.2 Å². The minimum atomic E-state index is -4.13. The Hall–Kier alpha value is -4.43. The Labute approximate surface area is 268 Å². The van der Waals surface area contributed by atoms with Crippen molar-refractivity contribution in [1.82, 2.24) is 10.2 Å². The molecule has 1 N–H and O–H groups in total. The summed E-state index contributed by atoms with van der Waals surface area (Å²) in [5, 5.41) is 3.02. The van der Waals surface area contributed by atoms with Crippen molar-refractivity contribution in [2.75, 3.05) is 17.4 Å². The van der Waals surface area contributed by atoms with Gasteiger partial charge in [0, 0.05) is 19.5 Å². The maximum Gasteiger partial charge on any atom is 0.264 e. The Bertz CT molecular complexity index is 1670. The first-order valence-corrected chi connectivity index (χ1v) is 16.7. The SMILES string of the molecule is Cc1ccc(CN(C(=O)CN(c2ccc(C)cc2)S(=O)(=O)c2ccc(C)cc2)[C@H](Cc2ccccc2)C(=O)NCC(C)C)cc1. The molecule has 0 aliphatic carbocycles. The second-order valence-corrected chi connectivity index (χ2v) is 13.9. The van der Waals surface area contributed by atoms with Crippen LogP contribution >= 0.6 is 0 Å². The number of sulfonamides is 1. The van der Waals surface area contributed by atoms with Gasteiger partial charge in [-0.15, -0.1) is 0 Å². The minimum Gasteiger partial charge on any atom is -0.354 e. The summed E-state index contributed by atoms with van der Waals surface area (Å²) in [6.07, 6.45) is 0.275. The van der Waals surface area contributed by atoms with Crippen LogP contribution < -0.4 is 9.62 Å². The van der Waals surface area contributed by atoms with Gasteiger partial charge in [0.15, 0.2) is 0 Å². The van der Waals surface area contributed by atoms with Crippen molar-refractivity contribution in [3.8, 4) is 0 Å². The van der Waals surface area contributed by atoms with Crippen molar-refractivity contribution in [1.29, 1.82) is 0 Å². The van der Waals surface area contributed by atoms with E-state index in [0.29, 0.717) is 12.2 Å². The number of aryl methyl sites for hydroxylation is 3. The highest BCUT2D eigenvalue weighted by Gasteiger charge is 2.34. The van der Waals surface area contributed by atoms with Gasteiger partial charge in [-0.3, -0.25) is 13.9 Å². The normalized spacial score (nSPS) is 12.0. The Balaban J connectivity index is 1.79. The number of hydrogen-bond donors (Lipinski definition) is 1. The molecule has 45 heavy (non-hydrogen) atoms. The van der Waals surface area contributed by atoms with Crippen molar-refractivity contribution in [3.05, 3.63) is 131 Å². The summed E-state index contributed by atoms with van der Waals surface area (Å²) < 4.78 is 29.4. The van der Waals surface area contributed by atoms with E-state index in [4.69, 9.17) is 0 Å². The predicted octanol–water partition coefficient (Wildman–Crippen LogP) is 6.22. The van der Waals surface area contributed by atoms with Crippen molar-refractivity contribution in [2.45, 2.75) is 58.5 Å². The molecular formula is C37H43N3O4S. The molecule has 0 saturated carbocycles. The summed E-state index contributed by atoms with van der Waals surface area (Å²) in [5.41, 5.74) is 5.06. The van der Waals surface area contributed by atoms with E-state index in [9.17, 15) is 18.0 Å². The number of nitrogens with one attached hydrogen (secondary N) is 1. The molecule has 0 saturated heterocycles. The number of anilines is 1. The summed E-state index contributed by atoms with van der Waals surface area (Å²) in [4.78, 5) is 30.0. The lowest BCUT2D eigenvalue weighted by Crippen LogP contribution is -2.53. The van der Waals surface area contributed by atoms with E-state index >= 15 is 0 Å². The van der Waals surface area contributed by atoms with Crippen molar-refractivity contribution < 1.29 is 18.0 Å². The first-order chi connectivity index (χ1) is 21.4. The van der Waals surface area contributed by atoms with Gasteiger partial charge in [0.2, 0.25) is 11.8 Å². The summed E-state index contributed by atoms with van der Waals surface area (Å²) in [6, 6.07) is 30.1. The molecule has 4 rings (SSSR count). The minimum absolute atomic E-state index is 0.0853. The summed E-state index contributed by atoms with van der Waals surface area (Å²) in [6.45, 7) is 9.92. The monoisotopic (exact) mass is 625 g/mol. The molecule has 7 nitrogen and oxygen atoms in total. The number of carbonyl (C=O) groups is 2. The lowest BCUT2D eigenvalue weighted by atomic mass is 10.0. The van der Waals surface area contributed by atoms with Crippen LogP contribution in [0.5, 0.6) is 0 Å². The van der Waals surface area contributed by atoms with Gasteiger partial charge in [0.05, 0.1) is 10.6 Å². The van der Waals surface area contributed by atoms with E-state index in [1.54, 1.807) is 36.4 Å². The topological polar surface area (TPSA) is 86.8 Å². The molecule has 4 aromatic rings. The molecule has 0 aliphatic rings. The van der Waals surface area contributed by atoms with E-state index in [1.165, 1.54) is 4.90 Å². The molecule has 8 heteroatoms. The lowest BCUT2D eigenvalue weighted by molar-refractivity contribution is -0.140. The first kappa shape index (κ1) is 33.5. The highest BCUT2D eigenvalue weighted by molar-refractivity contribution is 7.92. The molecule has 0 unspecified atom stereocenters. The van der Waals surface area contributed by atoms with Crippen LogP contribution in [0.4, 0.5) is 5.69 Å². The lowest BCUT2D eigenvalue weighted by Gasteiger charge is -2.34. The molecular weight excluding hydrogens is 582 g/mol. The average Bonchev–Trinajstić information content (AvgIpc) is 3.02. The van der Waals surface area contributed by atoms with Crippen LogP contribution in [-0.4, -0.2) is 44.3 Å². The van der Waals surface area contributed by atoms with Gasteiger partial charge in [-0.25, -0.2) is 8.42 Å². The smallest absolute Gasteiger partial charge is 0.264 e. The summed E-state index contributed by atoms with van der Waals surface area (Å²) in [5.74, 6) is -0.548. The van der Waals surface area contributed by atoms with Crippen LogP contribution in [0.1, 0.15) is 41.7 Å². The number of hydrogen-bond acceptors (Lipinski definition) is 4. The van der Waals surface area contributed by atoms with Gasteiger partial charge in [-0.2, -0.15) is 0 Å². The Morgan fingerprint density at radius 1 is 0.711 bits per heavy atom. The number of benzene rings is 4. The molecule has 1 atom stereocenters. The fourth-order valence-electron chi connectivity index (χ4n) is 4.94. The quantitative estimate of drug-likeness (QED) is 0.191. The first-order valence-electron chi connectivity index (χ1n) is 15.3. The highest BCUT2D eigenvalue weighted by atomic mass is 32.2. The van der Waals surface area contributed by atoms with Gasteiger partial charge in [0.1, 0.15) is 12.6 Å². The fourth-order valence-corrected chi connectivity index (χ4v) is 6.36. The number of rotatable bonds is 13. The van der Waals surface area contributed by atoms with E-state index in [2.05, 4.69) is 5.32 Å².